The van der Waals surface area contributed by atoms with E-state index in [9.17, 15) is 9.90 Å². The van der Waals surface area contributed by atoms with Crippen molar-refractivity contribution in [3.63, 3.8) is 0 Å². The Bertz CT molecular complexity index is 1460. The second-order valence-corrected chi connectivity index (χ2v) is 11.6. The summed E-state index contributed by atoms with van der Waals surface area (Å²) in [4.78, 5) is 17.8. The Morgan fingerprint density at radius 2 is 1.85 bits per heavy atom. The van der Waals surface area contributed by atoms with Crippen LogP contribution in [-0.4, -0.2) is 59.1 Å². The van der Waals surface area contributed by atoms with E-state index in [0.29, 0.717) is 17.7 Å². The van der Waals surface area contributed by atoms with Gasteiger partial charge in [-0.2, -0.15) is 0 Å². The molecule has 1 saturated carbocycles. The number of phenols is 1. The summed E-state index contributed by atoms with van der Waals surface area (Å²) < 4.78 is 6.77. The summed E-state index contributed by atoms with van der Waals surface area (Å²) in [5.74, 6) is 7.45. The average Bonchev–Trinajstić information content (AvgIpc) is 3.31. The maximum Gasteiger partial charge on any atom is 0.298 e. The van der Waals surface area contributed by atoms with Crippen LogP contribution in [-0.2, 0) is 23.1 Å². The Labute approximate surface area is 230 Å². The van der Waals surface area contributed by atoms with Crippen LogP contribution in [0.5, 0.6) is 11.5 Å². The third-order valence-corrected chi connectivity index (χ3v) is 9.86. The molecule has 5 atom stereocenters. The minimum Gasteiger partial charge on any atom is -0.508 e. The lowest BCUT2D eigenvalue weighted by atomic mass is 9.51. The predicted octanol–water partition coefficient (Wildman–Crippen LogP) is 4.55. The van der Waals surface area contributed by atoms with Gasteiger partial charge in [-0.25, -0.2) is 0 Å². The molecular weight excluding hydrogens is 484 g/mol. The van der Waals surface area contributed by atoms with Gasteiger partial charge in [0.1, 0.15) is 17.6 Å². The second kappa shape index (κ2) is 9.47. The monoisotopic (exact) mass is 518 g/mol. The van der Waals surface area contributed by atoms with Gasteiger partial charge in [0.05, 0.1) is 6.04 Å². The molecule has 1 amide bonds. The molecule has 7 rings (SSSR count). The van der Waals surface area contributed by atoms with Gasteiger partial charge in [-0.3, -0.25) is 9.69 Å². The standard InChI is InChI=1S/C34H34N2O3/c1-35(31(38)17-12-23-8-4-2-5-9-23)27-14-13-26-28-22-25-29(37)15-16-30-32(25)34(26,33(27)39-30)19-21-36(28)20-18-24-10-6-3-7-11-24/h2-11,15-16,26-28,33,37H,13-14,18-22H2,1H3/t26-,27+,28+,33-,34-/m0/s1. The lowest BCUT2D eigenvalue weighted by Crippen LogP contribution is -2.69. The molecule has 198 valence electrons. The molecule has 2 heterocycles. The van der Waals surface area contributed by atoms with Crippen LogP contribution in [0, 0.1) is 17.8 Å². The molecule has 3 aromatic rings. The maximum absolute atomic E-state index is 13.3. The number of amides is 1. The Hall–Kier alpha value is -3.75. The highest BCUT2D eigenvalue weighted by Gasteiger charge is 2.66. The van der Waals surface area contributed by atoms with E-state index in [2.05, 4.69) is 47.1 Å². The SMILES string of the molecule is CN(C(=O)C#Cc1ccccc1)[C@@H]1CC[C@H]2[C@H]3Cc4c(O)ccc5c4[C@@]2(CCN3CCc2ccccc2)[C@H]1O5. The summed E-state index contributed by atoms with van der Waals surface area (Å²) >= 11 is 0. The zero-order valence-corrected chi connectivity index (χ0v) is 22.3. The van der Waals surface area contributed by atoms with Gasteiger partial charge in [0, 0.05) is 47.7 Å². The van der Waals surface area contributed by atoms with Crippen LogP contribution in [0.15, 0.2) is 72.8 Å². The van der Waals surface area contributed by atoms with Crippen LogP contribution in [0.25, 0.3) is 0 Å². The Balaban J connectivity index is 1.20. The number of hydrogen-bond donors (Lipinski definition) is 1. The maximum atomic E-state index is 13.3. The zero-order chi connectivity index (χ0) is 26.6. The van der Waals surface area contributed by atoms with Gasteiger partial charge in [-0.15, -0.1) is 0 Å². The fraction of sp³-hybridized carbons (Fsp3) is 0.382. The summed E-state index contributed by atoms with van der Waals surface area (Å²) in [6.07, 6.45) is 4.66. The number of phenolic OH excluding ortho intramolecular Hbond substituents is 1. The van der Waals surface area contributed by atoms with Crippen molar-refractivity contribution in [2.24, 2.45) is 5.92 Å². The van der Waals surface area contributed by atoms with E-state index in [1.54, 1.807) is 6.07 Å². The van der Waals surface area contributed by atoms with E-state index in [1.807, 2.05) is 48.3 Å². The molecule has 0 aromatic heterocycles. The van der Waals surface area contributed by atoms with E-state index < -0.39 is 0 Å². The molecule has 5 heteroatoms. The van der Waals surface area contributed by atoms with Crippen LogP contribution in [0.2, 0.25) is 0 Å². The molecule has 39 heavy (non-hydrogen) atoms. The molecular formula is C34H34N2O3. The highest BCUT2D eigenvalue weighted by molar-refractivity contribution is 5.94. The number of ether oxygens (including phenoxy) is 1. The zero-order valence-electron chi connectivity index (χ0n) is 22.3. The van der Waals surface area contributed by atoms with Crippen molar-refractivity contribution in [1.29, 1.82) is 0 Å². The van der Waals surface area contributed by atoms with Gasteiger partial charge in [0.2, 0.25) is 0 Å². The molecule has 2 aliphatic heterocycles. The number of nitrogens with zero attached hydrogens (tertiary/aromatic N) is 2. The van der Waals surface area contributed by atoms with Gasteiger partial charge < -0.3 is 14.7 Å². The molecule has 1 saturated heterocycles. The van der Waals surface area contributed by atoms with E-state index in [-0.39, 0.29) is 23.5 Å². The normalized spacial score (nSPS) is 28.0. The van der Waals surface area contributed by atoms with Crippen molar-refractivity contribution in [3.8, 4) is 23.3 Å². The van der Waals surface area contributed by atoms with E-state index in [0.717, 1.165) is 62.1 Å². The predicted molar refractivity (Wildman–Crippen MR) is 151 cm³/mol. The molecule has 2 bridgehead atoms. The number of piperidine rings is 1. The van der Waals surface area contributed by atoms with Crippen LogP contribution in [0.3, 0.4) is 0 Å². The fourth-order valence-electron chi connectivity index (χ4n) is 8.09. The molecule has 0 unspecified atom stereocenters. The Morgan fingerprint density at radius 3 is 2.64 bits per heavy atom. The summed E-state index contributed by atoms with van der Waals surface area (Å²) in [6, 6.07) is 24.4. The molecule has 0 radical (unpaired) electrons. The van der Waals surface area contributed by atoms with Crippen LogP contribution in [0.4, 0.5) is 0 Å². The quantitative estimate of drug-likeness (QED) is 0.515. The summed E-state index contributed by atoms with van der Waals surface area (Å²) in [5.41, 5.74) is 4.29. The van der Waals surface area contributed by atoms with Crippen molar-refractivity contribution < 1.29 is 14.6 Å². The first-order chi connectivity index (χ1) is 19.1. The van der Waals surface area contributed by atoms with Crippen molar-refractivity contribution in [3.05, 3.63) is 95.1 Å². The molecule has 2 aliphatic carbocycles. The first-order valence-electron chi connectivity index (χ1n) is 14.2. The number of carbonyl (C=O) groups is 1. The molecule has 4 aliphatic rings. The number of carbonyl (C=O) groups excluding carboxylic acids is 1. The van der Waals surface area contributed by atoms with Crippen LogP contribution < -0.4 is 4.74 Å². The van der Waals surface area contributed by atoms with Gasteiger partial charge in [-0.1, -0.05) is 54.5 Å². The summed E-state index contributed by atoms with van der Waals surface area (Å²) in [6.45, 7) is 2.01. The van der Waals surface area contributed by atoms with E-state index in [4.69, 9.17) is 4.74 Å². The molecule has 3 aromatic carbocycles. The fourth-order valence-corrected chi connectivity index (χ4v) is 8.09. The number of likely N-dealkylation sites (N-methyl/N-ethyl adjacent to an activating group) is 1. The number of hydrogen-bond acceptors (Lipinski definition) is 4. The summed E-state index contributed by atoms with van der Waals surface area (Å²) in [5, 5.41) is 11.0. The number of rotatable bonds is 4. The van der Waals surface area contributed by atoms with Gasteiger partial charge in [-0.05, 0) is 74.4 Å². The minimum absolute atomic E-state index is 0.0594. The lowest BCUT2D eigenvalue weighted by Gasteiger charge is -2.60. The topological polar surface area (TPSA) is 53.0 Å². The van der Waals surface area contributed by atoms with E-state index in [1.165, 1.54) is 11.1 Å². The molecule has 5 nitrogen and oxygen atoms in total. The first-order valence-corrected chi connectivity index (χ1v) is 14.2. The second-order valence-electron chi connectivity index (χ2n) is 11.6. The average molecular weight is 519 g/mol. The largest absolute Gasteiger partial charge is 0.508 e. The molecule has 1 N–H and O–H groups in total. The minimum atomic E-state index is -0.181. The van der Waals surface area contributed by atoms with Crippen LogP contribution in [0.1, 0.15) is 41.5 Å². The van der Waals surface area contributed by atoms with Crippen molar-refractivity contribution in [2.75, 3.05) is 20.1 Å². The smallest absolute Gasteiger partial charge is 0.298 e. The van der Waals surface area contributed by atoms with Gasteiger partial charge in [0.25, 0.3) is 5.91 Å². The van der Waals surface area contributed by atoms with Gasteiger partial charge in [0.15, 0.2) is 0 Å². The highest BCUT2D eigenvalue weighted by Crippen LogP contribution is 2.63. The Kier molecular flexibility index (Phi) is 5.90. The highest BCUT2D eigenvalue weighted by atomic mass is 16.5. The van der Waals surface area contributed by atoms with Crippen molar-refractivity contribution >= 4 is 5.91 Å². The third-order valence-electron chi connectivity index (χ3n) is 9.86. The number of likely N-dealkylation sites (tertiary alicyclic amines) is 1. The number of benzene rings is 3. The van der Waals surface area contributed by atoms with Gasteiger partial charge >= 0.3 is 0 Å². The number of aromatic hydroxyl groups is 1. The first kappa shape index (κ1) is 24.3. The third kappa shape index (κ3) is 3.85. The lowest BCUT2D eigenvalue weighted by molar-refractivity contribution is -0.134. The van der Waals surface area contributed by atoms with Crippen molar-refractivity contribution in [2.45, 2.75) is 55.7 Å². The summed E-state index contributed by atoms with van der Waals surface area (Å²) in [7, 11) is 1.88. The molecule has 1 spiro atoms. The van der Waals surface area contributed by atoms with Crippen LogP contribution >= 0.6 is 0 Å². The van der Waals surface area contributed by atoms with E-state index >= 15 is 0 Å². The van der Waals surface area contributed by atoms with Crippen molar-refractivity contribution in [1.82, 2.24) is 9.80 Å². The Morgan fingerprint density at radius 1 is 1.08 bits per heavy atom. The molecule has 2 fully saturated rings.